The van der Waals surface area contributed by atoms with Crippen molar-refractivity contribution in [3.63, 3.8) is 0 Å². The molecule has 0 aliphatic carbocycles. The minimum absolute atomic E-state index is 0. The van der Waals surface area contributed by atoms with E-state index in [2.05, 4.69) is 36.4 Å². The summed E-state index contributed by atoms with van der Waals surface area (Å²) in [6, 6.07) is 24.8. The number of hydrogen-bond donors (Lipinski definition) is 0. The van der Waals surface area contributed by atoms with Crippen LogP contribution in [0.3, 0.4) is 0 Å². The number of nitrogens with zero attached hydrogens (tertiary/aromatic N) is 11. The second-order valence-corrected chi connectivity index (χ2v) is 14.4. The number of non-ortho nitro benzene ring substituents is 1. The van der Waals surface area contributed by atoms with Gasteiger partial charge in [-0.3, -0.25) is 15.1 Å². The van der Waals surface area contributed by atoms with Crippen LogP contribution in [0, 0.1) is 23.1 Å². The Morgan fingerprint density at radius 2 is 1.06 bits per heavy atom. The zero-order valence-corrected chi connectivity index (χ0v) is 34.1. The van der Waals surface area contributed by atoms with E-state index in [-0.39, 0.29) is 31.0 Å². The third-order valence-electron chi connectivity index (χ3n) is 7.65. The Bertz CT molecular complexity index is 2660. The van der Waals surface area contributed by atoms with Crippen LogP contribution in [-0.4, -0.2) is 97.3 Å². The van der Waals surface area contributed by atoms with E-state index in [9.17, 15) is 36.5 Å². The summed E-state index contributed by atoms with van der Waals surface area (Å²) in [6.07, 6.45) is 19.7. The summed E-state index contributed by atoms with van der Waals surface area (Å²) in [6.45, 7) is 0.210. The third-order valence-corrected chi connectivity index (χ3v) is 8.78. The molecule has 0 bridgehead atoms. The predicted molar refractivity (Wildman–Crippen MR) is 201 cm³/mol. The maximum Gasteiger partial charge on any atom is 0.485 e. The van der Waals surface area contributed by atoms with Crippen LogP contribution in [0.2, 0.25) is 0 Å². The number of benzene rings is 2. The van der Waals surface area contributed by atoms with Crippen molar-refractivity contribution in [2.45, 2.75) is 17.9 Å². The van der Waals surface area contributed by atoms with E-state index in [1.54, 1.807) is 55.5 Å². The van der Waals surface area contributed by atoms with Gasteiger partial charge in [0.2, 0.25) is 0 Å². The van der Waals surface area contributed by atoms with E-state index in [1.807, 2.05) is 105 Å². The molecule has 0 aliphatic heterocycles. The normalized spacial score (nSPS) is 11.6. The monoisotopic (exact) mass is 999 g/mol. The maximum atomic E-state index is 10.9. The largest absolute Gasteiger partial charge is 0.741 e. The van der Waals surface area contributed by atoms with Gasteiger partial charge in [-0.2, -0.15) is 26.3 Å². The van der Waals surface area contributed by atoms with E-state index in [0.717, 1.165) is 10.9 Å². The quantitative estimate of drug-likeness (QED) is 0.0322. The molecule has 6 aromatic heterocycles. The number of nitro benzene ring substituents is 1. The molecular weight excluding hydrogens is 974 g/mol. The molecule has 0 N–H and O–H groups in total. The summed E-state index contributed by atoms with van der Waals surface area (Å²) >= 11 is 0. The number of alkyl halides is 6. The average molecular weight is 1000 g/mol. The molecule has 0 atom stereocenters. The van der Waals surface area contributed by atoms with Gasteiger partial charge in [0.15, 0.2) is 25.9 Å². The molecule has 0 saturated carbocycles. The fraction of sp³-hybridized carbons (Fsp3) is 0.0909. The number of fused-ring (bicyclic) bond motifs is 3. The minimum atomic E-state index is -6.09. The minimum Gasteiger partial charge on any atom is -0.741 e. The van der Waals surface area contributed by atoms with Gasteiger partial charge in [0.1, 0.15) is 0 Å². The predicted octanol–water partition coefficient (Wildman–Crippen LogP) is 4.99. The van der Waals surface area contributed by atoms with Crippen molar-refractivity contribution in [2.24, 2.45) is 0 Å². The van der Waals surface area contributed by atoms with Gasteiger partial charge < -0.3 is 32.5 Å². The summed E-state index contributed by atoms with van der Waals surface area (Å²) in [5, 5.41) is 30.8. The summed E-state index contributed by atoms with van der Waals surface area (Å²) in [4.78, 5) is 18.6. The molecule has 0 aliphatic rings. The fourth-order valence-electron chi connectivity index (χ4n) is 5.05. The molecule has 29 heteroatoms. The Morgan fingerprint density at radius 1 is 0.645 bits per heavy atom. The number of aryl methyl sites for hydroxylation is 1. The first-order chi connectivity index (χ1) is 28.6. The van der Waals surface area contributed by atoms with Gasteiger partial charge in [-0.25, -0.2) is 37.2 Å². The number of halogens is 6. The van der Waals surface area contributed by atoms with Crippen molar-refractivity contribution >= 4 is 54.3 Å². The molecular formula is C33H26BF6N11O8PdS2-4. The number of rotatable bonds is 5. The Hall–Kier alpha value is -6.37. The molecule has 19 nitrogen and oxygen atoms in total. The van der Waals surface area contributed by atoms with E-state index in [1.165, 1.54) is 11.6 Å². The van der Waals surface area contributed by atoms with Gasteiger partial charge >= 0.3 is 17.7 Å². The van der Waals surface area contributed by atoms with Crippen molar-refractivity contribution in [3.8, 4) is 0 Å². The van der Waals surface area contributed by atoms with Crippen LogP contribution < -0.4 is 0 Å². The number of aromatic nitrogens is 10. The van der Waals surface area contributed by atoms with Gasteiger partial charge in [0.05, 0.1) is 0 Å². The van der Waals surface area contributed by atoms with Crippen LogP contribution in [-0.2, 0) is 40.7 Å². The van der Waals surface area contributed by atoms with E-state index < -0.39 is 37.9 Å². The van der Waals surface area contributed by atoms with Crippen LogP contribution in [0.1, 0.15) is 5.56 Å². The molecule has 2 aromatic carbocycles. The van der Waals surface area contributed by atoms with Gasteiger partial charge in [0, 0.05) is 68.7 Å². The molecule has 8 rings (SSSR count). The van der Waals surface area contributed by atoms with Crippen LogP contribution in [0.25, 0.3) is 21.7 Å². The van der Waals surface area contributed by atoms with Crippen LogP contribution >= 0.6 is 0 Å². The smallest absolute Gasteiger partial charge is 0.485 e. The van der Waals surface area contributed by atoms with Crippen molar-refractivity contribution in [3.05, 3.63) is 163 Å². The van der Waals surface area contributed by atoms with Crippen LogP contribution in [0.5, 0.6) is 0 Å². The molecule has 0 saturated heterocycles. The molecule has 6 heterocycles. The zero-order valence-electron chi connectivity index (χ0n) is 30.9. The fourth-order valence-corrected chi connectivity index (χ4v) is 5.05. The summed E-state index contributed by atoms with van der Waals surface area (Å²) in [5.41, 5.74) is -9.20. The Labute approximate surface area is 359 Å². The van der Waals surface area contributed by atoms with Gasteiger partial charge in [-0.1, -0.05) is 24.3 Å². The summed E-state index contributed by atoms with van der Waals surface area (Å²) < 4.78 is 125. The molecule has 8 aromatic rings. The molecule has 0 spiro atoms. The van der Waals surface area contributed by atoms with Crippen LogP contribution in [0.4, 0.5) is 32.0 Å². The molecule has 0 unspecified atom stereocenters. The van der Waals surface area contributed by atoms with E-state index in [0.29, 0.717) is 10.8 Å². The first-order valence-corrected chi connectivity index (χ1v) is 19.3. The van der Waals surface area contributed by atoms with Crippen molar-refractivity contribution in [1.29, 1.82) is 0 Å². The molecule has 0 amide bonds. The number of hydrogen-bond acceptors (Lipinski definition) is 14. The number of pyridine rings is 2. The molecule has 62 heavy (non-hydrogen) atoms. The Morgan fingerprint density at radius 3 is 1.39 bits per heavy atom. The Balaban J connectivity index is 0.000000223. The van der Waals surface area contributed by atoms with Crippen molar-refractivity contribution < 1.29 is 77.6 Å². The van der Waals surface area contributed by atoms with Gasteiger partial charge in [0.25, 0.3) is 0 Å². The van der Waals surface area contributed by atoms with Gasteiger partial charge in [-0.15, -0.1) is 17.5 Å². The second-order valence-electron chi connectivity index (χ2n) is 11.6. The van der Waals surface area contributed by atoms with E-state index in [4.69, 9.17) is 25.9 Å². The Kier molecular flexibility index (Phi) is 16.9. The number of nitro groups is 1. The topological polar surface area (TPSA) is 255 Å². The van der Waals surface area contributed by atoms with Gasteiger partial charge in [-0.05, 0) is 96.0 Å². The van der Waals surface area contributed by atoms with Crippen molar-refractivity contribution in [1.82, 2.24) is 48.7 Å². The van der Waals surface area contributed by atoms with E-state index >= 15 is 0 Å². The third kappa shape index (κ3) is 12.4. The first-order valence-electron chi connectivity index (χ1n) is 16.5. The maximum absolute atomic E-state index is 10.9. The SMILES string of the molecule is Cc1ccncc1.O=S(=O)([O-])C(F)(F)F.O=S(=O)([O-])C(F)(F)F.O=[N+]([O-])c1cc[c-]c2c1ccc1cccnc12.[Pd].c1cnn([B-](n2cccn2)(n2cccn2)n2cccn2)c1. The molecule has 0 radical (unpaired) electrons. The first kappa shape index (κ1) is 50.0. The van der Waals surface area contributed by atoms with Crippen molar-refractivity contribution in [2.75, 3.05) is 0 Å². The molecule has 0 fully saturated rings. The van der Waals surface area contributed by atoms with Crippen LogP contribution in [0.15, 0.2) is 141 Å². The second kappa shape index (κ2) is 20.9. The zero-order chi connectivity index (χ0) is 45.1. The molecule has 332 valence electrons. The standard InChI is InChI=1S/C13H7N2O2.C12H12BN8.C6H7N.2CHF3O3S.Pd/c16-15(17)12-5-1-4-11-10(12)7-6-9-3-2-8-14-13(9)11;1-5-14-18(9-1)13(19-10-2-6-15-19,20-11-3-7-16-20)21-12-4-8-17-21;1-6-2-4-7-5-3-6;2*2-1(3,4)8(5,6)7;/h1-3,5-8H;1-12H;2-5H,1H3;2*(H,5,6,7);/q2*-1;;;;/p-2. The summed E-state index contributed by atoms with van der Waals surface area (Å²) in [5.74, 6) is 0. The summed E-state index contributed by atoms with van der Waals surface area (Å²) in [7, 11) is -12.2. The average Bonchev–Trinajstić information content (AvgIpc) is 4.05.